The molecule has 138 valence electrons. The van der Waals surface area contributed by atoms with Crippen molar-refractivity contribution in [3.05, 3.63) is 60.7 Å². The van der Waals surface area contributed by atoms with E-state index in [1.54, 1.807) is 60.7 Å². The van der Waals surface area contributed by atoms with Crippen molar-refractivity contribution in [2.45, 2.75) is 12.1 Å². The molecule has 28 heavy (non-hydrogen) atoms. The fraction of sp³-hybridized carbons (Fsp3) is 0.111. The van der Waals surface area contributed by atoms with Crippen molar-refractivity contribution >= 4 is 51.5 Å². The second-order valence-corrected chi connectivity index (χ2v) is 12.0. The summed E-state index contributed by atoms with van der Waals surface area (Å²) in [5.74, 6) is 0. The molecule has 0 aliphatic rings. The molecule has 0 fully saturated rings. The molecule has 0 radical (unpaired) electrons. The maximum absolute atomic E-state index is 11.1. The minimum absolute atomic E-state index is 0.0962. The molecule has 2 rings (SSSR count). The van der Waals surface area contributed by atoms with Crippen molar-refractivity contribution in [3.63, 3.8) is 0 Å². The Labute approximate surface area is 162 Å². The van der Waals surface area contributed by atoms with Crippen molar-refractivity contribution in [1.29, 1.82) is 0 Å². The summed E-state index contributed by atoms with van der Waals surface area (Å²) in [6.07, 6.45) is 5.98. The maximum Gasteiger partial charge on any atom is 0.362 e. The summed E-state index contributed by atoms with van der Waals surface area (Å²) in [5.41, 5.74) is 0. The first-order valence-corrected chi connectivity index (χ1v) is 12.3. The fourth-order valence-electron chi connectivity index (χ4n) is 2.88. The van der Waals surface area contributed by atoms with Gasteiger partial charge in [-0.25, -0.2) is 37.8 Å². The van der Waals surface area contributed by atoms with Gasteiger partial charge in [0.05, 0.1) is 0 Å². The van der Waals surface area contributed by atoms with Gasteiger partial charge in [-0.3, -0.25) is 0 Å². The van der Waals surface area contributed by atoms with Crippen LogP contribution in [-0.2, 0) is 19.2 Å². The zero-order chi connectivity index (χ0) is 20.3. The van der Waals surface area contributed by atoms with Crippen molar-refractivity contribution in [1.82, 2.24) is 0 Å². The monoisotopic (exact) mass is 406 g/mol. The molecule has 2 aromatic carbocycles. The van der Waals surface area contributed by atoms with Crippen LogP contribution in [0.15, 0.2) is 79.3 Å². The van der Waals surface area contributed by atoms with E-state index in [0.717, 1.165) is 0 Å². The smallest absolute Gasteiger partial charge is 0.213 e. The summed E-state index contributed by atoms with van der Waals surface area (Å²) in [7, 11) is -6.83. The topological polar surface area (TPSA) is 118 Å². The normalized spacial score (nSPS) is 13.9. The van der Waals surface area contributed by atoms with Crippen LogP contribution in [0.4, 0.5) is 0 Å². The minimum Gasteiger partial charge on any atom is -0.213 e. The third kappa shape index (κ3) is 4.56. The van der Waals surface area contributed by atoms with Crippen LogP contribution in [0.1, 0.15) is 0 Å². The minimum atomic E-state index is -3.41. The first kappa shape index (κ1) is 20.7. The van der Waals surface area contributed by atoms with Crippen molar-refractivity contribution in [3.8, 4) is 0 Å². The van der Waals surface area contributed by atoms with E-state index >= 15 is 0 Å². The molecular formula is C18H14N4O4Si2. The van der Waals surface area contributed by atoms with E-state index in [1.807, 2.05) is 0 Å². The number of benzene rings is 2. The molecule has 2 aromatic rings. The van der Waals surface area contributed by atoms with Crippen LogP contribution in [0.2, 0.25) is 12.1 Å². The summed E-state index contributed by atoms with van der Waals surface area (Å²) in [4.78, 5) is 44.4. The van der Waals surface area contributed by atoms with E-state index in [4.69, 9.17) is 0 Å². The summed E-state index contributed by atoms with van der Waals surface area (Å²) >= 11 is 0. The van der Waals surface area contributed by atoms with Gasteiger partial charge >= 0.3 is 16.8 Å². The SMILES string of the molecule is O=C=N[Si](CC[Si](N=C=O)(N=C=O)c1ccccc1)(N=C=O)c1ccccc1. The van der Waals surface area contributed by atoms with Crippen LogP contribution in [0, 0.1) is 0 Å². The summed E-state index contributed by atoms with van der Waals surface area (Å²) < 4.78 is 15.5. The number of isocyanates is 4. The largest absolute Gasteiger partial charge is 0.362 e. The van der Waals surface area contributed by atoms with Crippen LogP contribution in [0.5, 0.6) is 0 Å². The second-order valence-electron chi connectivity index (χ2n) is 5.68. The van der Waals surface area contributed by atoms with Gasteiger partial charge in [0.1, 0.15) is 0 Å². The van der Waals surface area contributed by atoms with Crippen molar-refractivity contribution in [2.75, 3.05) is 0 Å². The Morgan fingerprint density at radius 1 is 0.536 bits per heavy atom. The molecule has 0 saturated heterocycles. The molecule has 0 bridgehead atoms. The number of hydrogen-bond acceptors (Lipinski definition) is 8. The quantitative estimate of drug-likeness (QED) is 0.351. The number of hydrogen-bond donors (Lipinski definition) is 0. The maximum atomic E-state index is 11.1. The standard InChI is InChI=1S/C18H14N4O4Si2/c23-13-19-27(20-14-24,17-7-3-1-4-8-17)11-12-28(21-15-25,22-16-26)18-9-5-2-6-10-18/h1-10H,11-12H2. The molecule has 0 spiro atoms. The van der Waals surface area contributed by atoms with Gasteiger partial charge in [0.2, 0.25) is 24.3 Å². The summed E-state index contributed by atoms with van der Waals surface area (Å²) in [5, 5.41) is 1.17. The third-order valence-corrected chi connectivity index (χ3v) is 11.0. The molecule has 0 N–H and O–H groups in total. The van der Waals surface area contributed by atoms with Crippen LogP contribution >= 0.6 is 0 Å². The Hall–Kier alpha value is -3.61. The van der Waals surface area contributed by atoms with E-state index in [2.05, 4.69) is 18.6 Å². The highest BCUT2D eigenvalue weighted by molar-refractivity contribution is 6.94. The van der Waals surface area contributed by atoms with Gasteiger partial charge in [0.25, 0.3) is 0 Å². The van der Waals surface area contributed by atoms with Crippen LogP contribution in [0.25, 0.3) is 0 Å². The van der Waals surface area contributed by atoms with E-state index in [-0.39, 0.29) is 12.1 Å². The van der Waals surface area contributed by atoms with Gasteiger partial charge in [-0.15, -0.1) is 0 Å². The van der Waals surface area contributed by atoms with Gasteiger partial charge < -0.3 is 0 Å². The van der Waals surface area contributed by atoms with Crippen molar-refractivity contribution in [2.24, 2.45) is 18.6 Å². The Morgan fingerprint density at radius 3 is 1.07 bits per heavy atom. The Balaban J connectivity index is 2.59. The number of rotatable bonds is 9. The Bertz CT molecular complexity index is 887. The van der Waals surface area contributed by atoms with Gasteiger partial charge in [0.15, 0.2) is 0 Å². The summed E-state index contributed by atoms with van der Waals surface area (Å²) in [6.45, 7) is 0. The molecule has 8 nitrogen and oxygen atoms in total. The van der Waals surface area contributed by atoms with Crippen molar-refractivity contribution < 1.29 is 19.2 Å². The molecule has 0 heterocycles. The molecule has 10 heteroatoms. The Kier molecular flexibility index (Phi) is 7.33. The van der Waals surface area contributed by atoms with Gasteiger partial charge in [-0.2, -0.15) is 0 Å². The lowest BCUT2D eigenvalue weighted by atomic mass is 10.4. The highest BCUT2D eigenvalue weighted by atomic mass is 28.4. The molecule has 0 aromatic heterocycles. The predicted octanol–water partition coefficient (Wildman–Crippen LogP) is 1.03. The first-order chi connectivity index (χ1) is 13.7. The third-order valence-electron chi connectivity index (χ3n) is 4.22. The average Bonchev–Trinajstić information content (AvgIpc) is 2.74. The van der Waals surface area contributed by atoms with Crippen LogP contribution in [-0.4, -0.2) is 41.1 Å². The molecule has 0 aliphatic heterocycles. The lowest BCUT2D eigenvalue weighted by Crippen LogP contribution is -2.50. The van der Waals surface area contributed by atoms with E-state index in [1.165, 1.54) is 24.3 Å². The van der Waals surface area contributed by atoms with E-state index in [0.29, 0.717) is 10.4 Å². The zero-order valence-corrected chi connectivity index (χ0v) is 16.6. The first-order valence-electron chi connectivity index (χ1n) is 8.13. The van der Waals surface area contributed by atoms with Crippen LogP contribution < -0.4 is 10.4 Å². The summed E-state index contributed by atoms with van der Waals surface area (Å²) in [6, 6.07) is 17.5. The molecule has 0 aliphatic carbocycles. The fourth-order valence-corrected chi connectivity index (χ4v) is 9.37. The number of carbonyl (C=O) groups excluding carboxylic acids is 4. The second kappa shape index (κ2) is 9.92. The zero-order valence-electron chi connectivity index (χ0n) is 14.6. The van der Waals surface area contributed by atoms with Crippen LogP contribution in [0.3, 0.4) is 0 Å². The molecule has 0 saturated carbocycles. The highest BCUT2D eigenvalue weighted by Crippen LogP contribution is 2.24. The van der Waals surface area contributed by atoms with Gasteiger partial charge in [0, 0.05) is 0 Å². The average molecular weight is 407 g/mol. The van der Waals surface area contributed by atoms with E-state index < -0.39 is 16.8 Å². The molecule has 0 amide bonds. The predicted molar refractivity (Wildman–Crippen MR) is 106 cm³/mol. The lowest BCUT2D eigenvalue weighted by molar-refractivity contribution is 0.563. The molecular weight excluding hydrogens is 392 g/mol. The Morgan fingerprint density at radius 2 is 0.821 bits per heavy atom. The molecule has 0 atom stereocenters. The van der Waals surface area contributed by atoms with Gasteiger partial charge in [-0.05, 0) is 22.5 Å². The lowest BCUT2D eigenvalue weighted by Gasteiger charge is -2.24. The van der Waals surface area contributed by atoms with Gasteiger partial charge in [-0.1, -0.05) is 60.7 Å². The van der Waals surface area contributed by atoms with E-state index in [9.17, 15) is 19.2 Å². The molecule has 0 unspecified atom stereocenters. The number of nitrogens with zero attached hydrogens (tertiary/aromatic N) is 4. The highest BCUT2D eigenvalue weighted by Gasteiger charge is 2.45.